The lowest BCUT2D eigenvalue weighted by atomic mass is 9.84. The summed E-state index contributed by atoms with van der Waals surface area (Å²) in [6.07, 6.45) is 3.39. The lowest BCUT2D eigenvalue weighted by molar-refractivity contribution is -0.139. The lowest BCUT2D eigenvalue weighted by Gasteiger charge is -2.38. The van der Waals surface area contributed by atoms with Crippen LogP contribution in [0.5, 0.6) is 0 Å². The molecule has 1 saturated heterocycles. The van der Waals surface area contributed by atoms with Gasteiger partial charge in [0.25, 0.3) is 0 Å². The number of halogens is 1. The smallest absolute Gasteiger partial charge is 0.225 e. The lowest BCUT2D eigenvalue weighted by Crippen LogP contribution is -2.52. The third kappa shape index (κ3) is 5.91. The Morgan fingerprint density at radius 1 is 1.23 bits per heavy atom. The summed E-state index contributed by atoms with van der Waals surface area (Å²) in [5.74, 6) is 2.47. The number of fused-ring (bicyclic) bond motifs is 1. The Hall–Kier alpha value is -1.81. The Morgan fingerprint density at radius 3 is 2.61 bits per heavy atom. The predicted octanol–water partition coefficient (Wildman–Crippen LogP) is 3.00. The molecule has 0 unspecified atom stereocenters. The number of nitrogens with one attached hydrogen (secondary N) is 1. The highest BCUT2D eigenvalue weighted by molar-refractivity contribution is 14.0. The van der Waals surface area contributed by atoms with Crippen LogP contribution in [-0.2, 0) is 11.3 Å². The van der Waals surface area contributed by atoms with Crippen LogP contribution < -0.4 is 5.32 Å². The number of furan rings is 1. The zero-order valence-electron chi connectivity index (χ0n) is 18.5. The van der Waals surface area contributed by atoms with Crippen LogP contribution in [0.1, 0.15) is 25.0 Å². The number of aliphatic imine (C=N–C) groups is 1. The van der Waals surface area contributed by atoms with Crippen LogP contribution >= 0.6 is 24.0 Å². The van der Waals surface area contributed by atoms with E-state index in [0.717, 1.165) is 74.8 Å². The number of hydrogen-bond donors (Lipinski definition) is 1. The van der Waals surface area contributed by atoms with Gasteiger partial charge in [-0.2, -0.15) is 0 Å². The number of carbonyl (C=O) groups is 1. The molecule has 1 amide bonds. The first-order valence-electron chi connectivity index (χ1n) is 11.0. The van der Waals surface area contributed by atoms with E-state index < -0.39 is 0 Å². The molecular weight excluding hydrogens is 505 g/mol. The number of carbonyl (C=O) groups excluding carboxylic acids is 1. The minimum atomic E-state index is 0. The molecule has 1 aliphatic heterocycles. The van der Waals surface area contributed by atoms with Crippen LogP contribution in [0.25, 0.3) is 11.0 Å². The molecule has 1 N–H and O–H groups in total. The minimum Gasteiger partial charge on any atom is -0.459 e. The van der Waals surface area contributed by atoms with E-state index in [9.17, 15) is 4.79 Å². The average molecular weight is 539 g/mol. The summed E-state index contributed by atoms with van der Waals surface area (Å²) in [6, 6.07) is 10.2. The average Bonchev–Trinajstić information content (AvgIpc) is 3.12. The largest absolute Gasteiger partial charge is 0.459 e. The Morgan fingerprint density at radius 2 is 1.97 bits per heavy atom. The van der Waals surface area contributed by atoms with E-state index in [1.165, 1.54) is 6.42 Å². The summed E-state index contributed by atoms with van der Waals surface area (Å²) >= 11 is 0. The fourth-order valence-electron chi connectivity index (χ4n) is 4.24. The molecule has 0 bridgehead atoms. The topological polar surface area (TPSA) is 64.3 Å². The maximum absolute atomic E-state index is 12.4. The minimum absolute atomic E-state index is 0. The van der Waals surface area contributed by atoms with E-state index in [2.05, 4.69) is 37.1 Å². The summed E-state index contributed by atoms with van der Waals surface area (Å²) in [6.45, 7) is 6.06. The van der Waals surface area contributed by atoms with Gasteiger partial charge in [-0.15, -0.1) is 24.0 Å². The van der Waals surface area contributed by atoms with Gasteiger partial charge in [-0.1, -0.05) is 24.6 Å². The number of amides is 1. The van der Waals surface area contributed by atoms with Crippen LogP contribution in [0.2, 0.25) is 0 Å². The number of hydrogen-bond acceptors (Lipinski definition) is 4. The molecule has 31 heavy (non-hydrogen) atoms. The van der Waals surface area contributed by atoms with Gasteiger partial charge in [0.05, 0.1) is 6.54 Å². The molecule has 1 aromatic carbocycles. The van der Waals surface area contributed by atoms with Gasteiger partial charge in [-0.05, 0) is 25.0 Å². The number of para-hydroxylation sites is 1. The normalized spacial score (nSPS) is 17.9. The van der Waals surface area contributed by atoms with Crippen LogP contribution in [0.15, 0.2) is 39.7 Å². The van der Waals surface area contributed by atoms with Gasteiger partial charge >= 0.3 is 0 Å². The van der Waals surface area contributed by atoms with E-state index in [-0.39, 0.29) is 24.0 Å². The van der Waals surface area contributed by atoms with Gasteiger partial charge in [-0.25, -0.2) is 0 Å². The van der Waals surface area contributed by atoms with E-state index in [1.807, 2.05) is 32.3 Å². The van der Waals surface area contributed by atoms with E-state index in [1.54, 1.807) is 0 Å². The molecule has 1 aliphatic carbocycles. The first-order chi connectivity index (χ1) is 14.6. The van der Waals surface area contributed by atoms with Crippen molar-refractivity contribution in [3.63, 3.8) is 0 Å². The molecule has 0 atom stereocenters. The second-order valence-corrected chi connectivity index (χ2v) is 8.38. The second kappa shape index (κ2) is 11.2. The van der Waals surface area contributed by atoms with Gasteiger partial charge in [-0.3, -0.25) is 14.7 Å². The Labute approximate surface area is 201 Å². The maximum atomic E-state index is 12.4. The molecule has 7 nitrogen and oxygen atoms in total. The van der Waals surface area contributed by atoms with Crippen molar-refractivity contribution < 1.29 is 9.21 Å². The molecule has 8 heteroatoms. The Balaban J connectivity index is 0.00000272. The first-order valence-corrected chi connectivity index (χ1v) is 11.0. The highest BCUT2D eigenvalue weighted by Gasteiger charge is 2.31. The molecule has 2 aromatic rings. The van der Waals surface area contributed by atoms with Crippen molar-refractivity contribution in [3.05, 3.63) is 36.1 Å². The standard InChI is InChI=1S/C23H33N5O2.HI/c1-24-23(26(2)17-20-16-19-6-3-4-9-21(19)30-20)25-10-11-27-12-14-28(15-13-27)22(29)18-7-5-8-18;/h3-4,6,9,16,18H,5,7-8,10-15,17H2,1-2H3,(H,24,25);1H. The van der Waals surface area contributed by atoms with Crippen molar-refractivity contribution >= 4 is 46.8 Å². The summed E-state index contributed by atoms with van der Waals surface area (Å²) in [5, 5.41) is 4.58. The molecule has 2 fully saturated rings. The van der Waals surface area contributed by atoms with E-state index >= 15 is 0 Å². The molecule has 0 radical (unpaired) electrons. The monoisotopic (exact) mass is 539 g/mol. The van der Waals surface area contributed by atoms with Crippen LogP contribution in [0.3, 0.4) is 0 Å². The fourth-order valence-corrected chi connectivity index (χ4v) is 4.24. The van der Waals surface area contributed by atoms with Crippen LogP contribution in [0, 0.1) is 5.92 Å². The predicted molar refractivity (Wildman–Crippen MR) is 135 cm³/mol. The Bertz CT molecular complexity index is 854. The second-order valence-electron chi connectivity index (χ2n) is 8.38. The number of benzene rings is 1. The number of guanidine groups is 1. The number of nitrogens with zero attached hydrogens (tertiary/aromatic N) is 4. The third-order valence-corrected chi connectivity index (χ3v) is 6.29. The molecule has 0 spiro atoms. The summed E-state index contributed by atoms with van der Waals surface area (Å²) in [5.41, 5.74) is 0.916. The molecule has 4 rings (SSSR count). The van der Waals surface area contributed by atoms with E-state index in [4.69, 9.17) is 4.42 Å². The zero-order chi connectivity index (χ0) is 20.9. The zero-order valence-corrected chi connectivity index (χ0v) is 20.9. The van der Waals surface area contributed by atoms with E-state index in [0.29, 0.717) is 18.4 Å². The SMILES string of the molecule is CN=C(NCCN1CCN(C(=O)C2CCC2)CC1)N(C)Cc1cc2ccccc2o1.I. The van der Waals surface area contributed by atoms with Gasteiger partial charge in [0.15, 0.2) is 5.96 Å². The molecule has 2 aliphatic rings. The molecule has 1 saturated carbocycles. The van der Waals surface area contributed by atoms with Gasteiger partial charge in [0, 0.05) is 64.7 Å². The quantitative estimate of drug-likeness (QED) is 0.348. The van der Waals surface area contributed by atoms with Gasteiger partial charge in [0.1, 0.15) is 11.3 Å². The molecule has 170 valence electrons. The summed E-state index contributed by atoms with van der Waals surface area (Å²) < 4.78 is 5.93. The maximum Gasteiger partial charge on any atom is 0.225 e. The van der Waals surface area contributed by atoms with Crippen LogP contribution in [0.4, 0.5) is 0 Å². The molecule has 1 aromatic heterocycles. The van der Waals surface area contributed by atoms with Crippen molar-refractivity contribution in [2.75, 3.05) is 53.4 Å². The molecular formula is C23H34IN5O2. The highest BCUT2D eigenvalue weighted by Crippen LogP contribution is 2.28. The molecule has 2 heterocycles. The van der Waals surface area contributed by atoms with Crippen molar-refractivity contribution in [1.29, 1.82) is 0 Å². The van der Waals surface area contributed by atoms with Gasteiger partial charge in [0.2, 0.25) is 5.91 Å². The Kier molecular flexibility index (Phi) is 8.59. The number of piperazine rings is 1. The third-order valence-electron chi connectivity index (χ3n) is 6.29. The van der Waals surface area contributed by atoms with Gasteiger partial charge < -0.3 is 19.5 Å². The van der Waals surface area contributed by atoms with Crippen molar-refractivity contribution in [2.45, 2.75) is 25.8 Å². The van der Waals surface area contributed by atoms with Crippen molar-refractivity contribution in [2.24, 2.45) is 10.9 Å². The van der Waals surface area contributed by atoms with Crippen molar-refractivity contribution in [3.8, 4) is 0 Å². The highest BCUT2D eigenvalue weighted by atomic mass is 127. The first kappa shape index (κ1) is 23.8. The number of rotatable bonds is 6. The van der Waals surface area contributed by atoms with Crippen molar-refractivity contribution in [1.82, 2.24) is 20.0 Å². The summed E-state index contributed by atoms with van der Waals surface area (Å²) in [7, 11) is 3.83. The fraction of sp³-hybridized carbons (Fsp3) is 0.565. The summed E-state index contributed by atoms with van der Waals surface area (Å²) in [4.78, 5) is 23.3. The van der Waals surface area contributed by atoms with Crippen LogP contribution in [-0.4, -0.2) is 79.9 Å².